The quantitative estimate of drug-likeness (QED) is 0.832. The van der Waals surface area contributed by atoms with Crippen LogP contribution in [0.2, 0.25) is 0 Å². The van der Waals surface area contributed by atoms with Gasteiger partial charge in [-0.25, -0.2) is 0 Å². The number of ether oxygens (including phenoxy) is 1. The van der Waals surface area contributed by atoms with Crippen molar-refractivity contribution in [3.8, 4) is 0 Å². The molecule has 3 N–H and O–H groups in total. The SMILES string of the molecule is Cl.NC1CCCC(CNC(=O)CC2CCCCO2)C1. The summed E-state index contributed by atoms with van der Waals surface area (Å²) in [6.07, 6.45) is 8.63. The van der Waals surface area contributed by atoms with Crippen LogP contribution in [-0.4, -0.2) is 31.2 Å². The van der Waals surface area contributed by atoms with E-state index >= 15 is 0 Å². The van der Waals surface area contributed by atoms with Crippen LogP contribution in [0.4, 0.5) is 0 Å². The zero-order valence-corrected chi connectivity index (χ0v) is 12.4. The predicted molar refractivity (Wildman–Crippen MR) is 78.4 cm³/mol. The molecule has 1 aliphatic heterocycles. The normalized spacial score (nSPS) is 31.3. The molecule has 0 radical (unpaired) electrons. The lowest BCUT2D eigenvalue weighted by Gasteiger charge is -2.27. The van der Waals surface area contributed by atoms with Crippen molar-refractivity contribution in [2.45, 2.75) is 63.5 Å². The van der Waals surface area contributed by atoms with Crippen LogP contribution in [0.5, 0.6) is 0 Å². The van der Waals surface area contributed by atoms with Gasteiger partial charge in [0.1, 0.15) is 0 Å². The first-order chi connectivity index (χ1) is 8.74. The highest BCUT2D eigenvalue weighted by Gasteiger charge is 2.21. The summed E-state index contributed by atoms with van der Waals surface area (Å²) in [6.45, 7) is 1.61. The highest BCUT2D eigenvalue weighted by atomic mass is 35.5. The molecule has 3 unspecified atom stereocenters. The van der Waals surface area contributed by atoms with E-state index in [1.54, 1.807) is 0 Å². The van der Waals surface area contributed by atoms with Crippen LogP contribution in [0.1, 0.15) is 51.4 Å². The summed E-state index contributed by atoms with van der Waals surface area (Å²) >= 11 is 0. The number of nitrogens with two attached hydrogens (primary N) is 1. The standard InChI is InChI=1S/C14H26N2O2.ClH/c15-12-5-3-4-11(8-12)10-16-14(17)9-13-6-1-2-7-18-13;/h11-13H,1-10,15H2,(H,16,17);1H. The van der Waals surface area contributed by atoms with Gasteiger partial charge < -0.3 is 15.8 Å². The molecule has 2 fully saturated rings. The van der Waals surface area contributed by atoms with E-state index in [4.69, 9.17) is 10.5 Å². The van der Waals surface area contributed by atoms with Gasteiger partial charge in [-0.05, 0) is 44.4 Å². The van der Waals surface area contributed by atoms with Crippen molar-refractivity contribution in [3.05, 3.63) is 0 Å². The van der Waals surface area contributed by atoms with Crippen molar-refractivity contribution in [3.63, 3.8) is 0 Å². The number of rotatable bonds is 4. The van der Waals surface area contributed by atoms with Gasteiger partial charge in [-0.3, -0.25) is 4.79 Å². The van der Waals surface area contributed by atoms with Crippen molar-refractivity contribution in [1.82, 2.24) is 5.32 Å². The average Bonchev–Trinajstić information content (AvgIpc) is 2.38. The molecule has 0 aromatic heterocycles. The van der Waals surface area contributed by atoms with E-state index in [1.165, 1.54) is 19.3 Å². The third-order valence-electron chi connectivity index (χ3n) is 4.10. The van der Waals surface area contributed by atoms with Gasteiger partial charge in [-0.2, -0.15) is 0 Å². The summed E-state index contributed by atoms with van der Waals surface area (Å²) in [6, 6.07) is 0.335. The zero-order valence-electron chi connectivity index (χ0n) is 11.6. The van der Waals surface area contributed by atoms with Crippen molar-refractivity contribution < 1.29 is 9.53 Å². The Morgan fingerprint density at radius 3 is 2.74 bits per heavy atom. The van der Waals surface area contributed by atoms with E-state index in [9.17, 15) is 4.79 Å². The number of carbonyl (C=O) groups excluding carboxylic acids is 1. The molecule has 112 valence electrons. The van der Waals surface area contributed by atoms with Crippen LogP contribution < -0.4 is 11.1 Å². The van der Waals surface area contributed by atoms with E-state index in [-0.39, 0.29) is 24.4 Å². The molecule has 0 aromatic carbocycles. The number of halogens is 1. The molecular formula is C14H27ClN2O2. The first-order valence-electron chi connectivity index (χ1n) is 7.38. The molecule has 19 heavy (non-hydrogen) atoms. The number of amides is 1. The molecule has 0 spiro atoms. The van der Waals surface area contributed by atoms with Crippen LogP contribution in [-0.2, 0) is 9.53 Å². The number of nitrogens with one attached hydrogen (secondary N) is 1. The number of hydrogen-bond donors (Lipinski definition) is 2. The maximum absolute atomic E-state index is 11.8. The topological polar surface area (TPSA) is 64.3 Å². The molecule has 0 aromatic rings. The van der Waals surface area contributed by atoms with Gasteiger partial charge in [-0.1, -0.05) is 6.42 Å². The Hall–Kier alpha value is -0.320. The van der Waals surface area contributed by atoms with Crippen LogP contribution in [0.3, 0.4) is 0 Å². The van der Waals surface area contributed by atoms with Crippen LogP contribution >= 0.6 is 12.4 Å². The highest BCUT2D eigenvalue weighted by molar-refractivity contribution is 5.85. The summed E-state index contributed by atoms with van der Waals surface area (Å²) in [7, 11) is 0. The van der Waals surface area contributed by atoms with Gasteiger partial charge in [0.25, 0.3) is 0 Å². The van der Waals surface area contributed by atoms with E-state index < -0.39 is 0 Å². The molecule has 1 aliphatic carbocycles. The third kappa shape index (κ3) is 6.11. The summed E-state index contributed by atoms with van der Waals surface area (Å²) in [5.74, 6) is 0.714. The van der Waals surface area contributed by atoms with E-state index in [1.807, 2.05) is 0 Å². The van der Waals surface area contributed by atoms with Gasteiger partial charge in [0.05, 0.1) is 12.5 Å². The van der Waals surface area contributed by atoms with Gasteiger partial charge in [0.2, 0.25) is 5.91 Å². The van der Waals surface area contributed by atoms with Gasteiger partial charge in [0.15, 0.2) is 0 Å². The minimum atomic E-state index is 0. The van der Waals surface area contributed by atoms with Gasteiger partial charge in [0, 0.05) is 19.2 Å². The van der Waals surface area contributed by atoms with E-state index in [0.717, 1.165) is 38.8 Å². The highest BCUT2D eigenvalue weighted by Crippen LogP contribution is 2.22. The molecule has 2 aliphatic rings. The van der Waals surface area contributed by atoms with E-state index in [2.05, 4.69) is 5.32 Å². The molecule has 5 heteroatoms. The second-order valence-electron chi connectivity index (χ2n) is 5.79. The molecular weight excluding hydrogens is 264 g/mol. The Bertz CT molecular complexity index is 270. The Labute approximate surface area is 122 Å². The first kappa shape index (κ1) is 16.7. The second-order valence-corrected chi connectivity index (χ2v) is 5.79. The molecule has 4 nitrogen and oxygen atoms in total. The summed E-state index contributed by atoms with van der Waals surface area (Å²) in [5, 5.41) is 3.05. The predicted octanol–water partition coefficient (Wildman–Crippen LogP) is 2.00. The number of hydrogen-bond acceptors (Lipinski definition) is 3. The Kier molecular flexibility index (Phi) is 7.73. The van der Waals surface area contributed by atoms with Crippen LogP contribution in [0.25, 0.3) is 0 Å². The Morgan fingerprint density at radius 2 is 2.05 bits per heavy atom. The first-order valence-corrected chi connectivity index (χ1v) is 7.38. The Balaban J connectivity index is 0.00000180. The van der Waals surface area contributed by atoms with E-state index in [0.29, 0.717) is 18.4 Å². The maximum atomic E-state index is 11.8. The van der Waals surface area contributed by atoms with Crippen molar-refractivity contribution >= 4 is 18.3 Å². The second kappa shape index (κ2) is 8.77. The fourth-order valence-electron chi connectivity index (χ4n) is 3.02. The Morgan fingerprint density at radius 1 is 1.21 bits per heavy atom. The molecule has 1 saturated carbocycles. The fourth-order valence-corrected chi connectivity index (χ4v) is 3.02. The molecule has 1 heterocycles. The smallest absolute Gasteiger partial charge is 0.222 e. The van der Waals surface area contributed by atoms with Crippen molar-refractivity contribution in [2.24, 2.45) is 11.7 Å². The molecule has 3 atom stereocenters. The third-order valence-corrected chi connectivity index (χ3v) is 4.10. The van der Waals surface area contributed by atoms with Crippen LogP contribution in [0.15, 0.2) is 0 Å². The van der Waals surface area contributed by atoms with Gasteiger partial charge in [-0.15, -0.1) is 12.4 Å². The monoisotopic (exact) mass is 290 g/mol. The largest absolute Gasteiger partial charge is 0.378 e. The number of carbonyl (C=O) groups is 1. The fraction of sp³-hybridized carbons (Fsp3) is 0.929. The lowest BCUT2D eigenvalue weighted by atomic mass is 9.86. The maximum Gasteiger partial charge on any atom is 0.222 e. The summed E-state index contributed by atoms with van der Waals surface area (Å²) in [4.78, 5) is 11.8. The minimum absolute atomic E-state index is 0. The minimum Gasteiger partial charge on any atom is -0.378 e. The molecule has 1 amide bonds. The lowest BCUT2D eigenvalue weighted by Crippen LogP contribution is -2.37. The van der Waals surface area contributed by atoms with Crippen LogP contribution in [0, 0.1) is 5.92 Å². The van der Waals surface area contributed by atoms with Gasteiger partial charge >= 0.3 is 0 Å². The van der Waals surface area contributed by atoms with Crippen molar-refractivity contribution in [1.29, 1.82) is 0 Å². The molecule has 0 bridgehead atoms. The summed E-state index contributed by atoms with van der Waals surface area (Å²) < 4.78 is 5.58. The average molecular weight is 291 g/mol. The zero-order chi connectivity index (χ0) is 12.8. The summed E-state index contributed by atoms with van der Waals surface area (Å²) in [5.41, 5.74) is 5.95. The van der Waals surface area contributed by atoms with Crippen molar-refractivity contribution in [2.75, 3.05) is 13.2 Å². The lowest BCUT2D eigenvalue weighted by molar-refractivity contribution is -0.125. The molecule has 2 rings (SSSR count). The molecule has 1 saturated heterocycles.